The lowest BCUT2D eigenvalue weighted by Crippen LogP contribution is -2.39. The van der Waals surface area contributed by atoms with Crippen LogP contribution in [0, 0.1) is 0 Å². The van der Waals surface area contributed by atoms with Crippen LogP contribution < -0.4 is 10.1 Å². The number of anilines is 1. The number of nitrogens with one attached hydrogen (secondary N) is 2. The molecular formula is C21H20N4O3. The van der Waals surface area contributed by atoms with Crippen LogP contribution in [0.1, 0.15) is 41.5 Å². The normalized spacial score (nSPS) is 19.1. The van der Waals surface area contributed by atoms with Gasteiger partial charge >= 0.3 is 0 Å². The fourth-order valence-corrected chi connectivity index (χ4v) is 3.97. The summed E-state index contributed by atoms with van der Waals surface area (Å²) in [5.74, 6) is 1.13. The van der Waals surface area contributed by atoms with Crippen molar-refractivity contribution in [2.75, 3.05) is 18.5 Å². The van der Waals surface area contributed by atoms with Crippen LogP contribution in [0.15, 0.2) is 42.5 Å². The molecule has 0 bridgehead atoms. The number of hydrogen-bond donors (Lipinski definition) is 2. The molecule has 1 fully saturated rings. The zero-order valence-electron chi connectivity index (χ0n) is 15.3. The quantitative estimate of drug-likeness (QED) is 0.719. The number of para-hydroxylation sites is 2. The molecule has 1 aromatic heterocycles. The fraction of sp³-hybridized carbons (Fsp3) is 0.286. The van der Waals surface area contributed by atoms with Gasteiger partial charge in [-0.3, -0.25) is 9.59 Å². The third-order valence-electron chi connectivity index (χ3n) is 5.35. The van der Waals surface area contributed by atoms with E-state index in [0.717, 1.165) is 36.1 Å². The van der Waals surface area contributed by atoms with Gasteiger partial charge in [0, 0.05) is 12.1 Å². The number of amides is 2. The summed E-state index contributed by atoms with van der Waals surface area (Å²) < 4.78 is 5.39. The molecule has 2 N–H and O–H groups in total. The zero-order valence-corrected chi connectivity index (χ0v) is 15.3. The number of benzene rings is 2. The lowest BCUT2D eigenvalue weighted by molar-refractivity contribution is -0.118. The Labute approximate surface area is 161 Å². The van der Waals surface area contributed by atoms with E-state index in [1.165, 1.54) is 0 Å². The van der Waals surface area contributed by atoms with Crippen LogP contribution in [0.3, 0.4) is 0 Å². The molecule has 3 heterocycles. The standard InChI is InChI=1S/C21H20N4O3/c26-19-12-28-18-9-8-13(11-16(18)22-19)21(27)25-10-4-3-7-17(25)20-23-14-5-1-2-6-15(14)24-20/h1-2,5-6,8-9,11,17H,3-4,7,10,12H2,(H,22,26)(H,23,24). The number of carbonyl (C=O) groups excluding carboxylic acids is 2. The third-order valence-corrected chi connectivity index (χ3v) is 5.35. The van der Waals surface area contributed by atoms with Crippen molar-refractivity contribution in [3.63, 3.8) is 0 Å². The molecule has 2 aliphatic rings. The molecule has 0 radical (unpaired) electrons. The predicted molar refractivity (Wildman–Crippen MR) is 104 cm³/mol. The van der Waals surface area contributed by atoms with Crippen molar-refractivity contribution in [3.05, 3.63) is 53.9 Å². The minimum atomic E-state index is -0.213. The van der Waals surface area contributed by atoms with Crippen LogP contribution >= 0.6 is 0 Å². The monoisotopic (exact) mass is 376 g/mol. The first-order chi connectivity index (χ1) is 13.7. The van der Waals surface area contributed by atoms with Crippen molar-refractivity contribution < 1.29 is 14.3 Å². The molecule has 0 saturated carbocycles. The lowest BCUT2D eigenvalue weighted by atomic mass is 10.00. The van der Waals surface area contributed by atoms with Crippen molar-refractivity contribution in [2.45, 2.75) is 25.3 Å². The van der Waals surface area contributed by atoms with Gasteiger partial charge in [0.25, 0.3) is 11.8 Å². The van der Waals surface area contributed by atoms with E-state index in [0.29, 0.717) is 23.5 Å². The number of H-pyrrole nitrogens is 1. The van der Waals surface area contributed by atoms with Gasteiger partial charge in [-0.2, -0.15) is 0 Å². The Hall–Kier alpha value is -3.35. The van der Waals surface area contributed by atoms with Gasteiger partial charge in [0.05, 0.1) is 22.8 Å². The Bertz CT molecular complexity index is 1040. The average Bonchev–Trinajstić information content (AvgIpc) is 3.17. The summed E-state index contributed by atoms with van der Waals surface area (Å²) in [5, 5.41) is 2.77. The second kappa shape index (κ2) is 6.67. The first kappa shape index (κ1) is 16.8. The Kier molecular flexibility index (Phi) is 4.00. The molecule has 7 heteroatoms. The molecule has 142 valence electrons. The van der Waals surface area contributed by atoms with Crippen molar-refractivity contribution >= 4 is 28.5 Å². The molecule has 1 atom stereocenters. The topological polar surface area (TPSA) is 87.3 Å². The van der Waals surface area contributed by atoms with Gasteiger partial charge in [0.2, 0.25) is 0 Å². The van der Waals surface area contributed by atoms with Crippen LogP contribution in [0.2, 0.25) is 0 Å². The number of likely N-dealkylation sites (tertiary alicyclic amines) is 1. The number of carbonyl (C=O) groups is 2. The van der Waals surface area contributed by atoms with E-state index in [-0.39, 0.29) is 24.5 Å². The van der Waals surface area contributed by atoms with Crippen molar-refractivity contribution in [2.24, 2.45) is 0 Å². The number of imidazole rings is 1. The van der Waals surface area contributed by atoms with E-state index >= 15 is 0 Å². The Balaban J connectivity index is 1.47. The number of aromatic amines is 1. The highest BCUT2D eigenvalue weighted by molar-refractivity contribution is 6.00. The molecule has 2 amide bonds. The van der Waals surface area contributed by atoms with Gasteiger partial charge in [-0.05, 0) is 49.6 Å². The summed E-state index contributed by atoms with van der Waals surface area (Å²) in [6.45, 7) is 0.682. The number of rotatable bonds is 2. The van der Waals surface area contributed by atoms with E-state index in [9.17, 15) is 9.59 Å². The van der Waals surface area contributed by atoms with Crippen LogP contribution in [0.5, 0.6) is 5.75 Å². The number of piperidine rings is 1. The molecule has 0 spiro atoms. The summed E-state index contributed by atoms with van der Waals surface area (Å²) >= 11 is 0. The fourth-order valence-electron chi connectivity index (χ4n) is 3.97. The SMILES string of the molecule is O=C1COc2ccc(C(=O)N3CCCCC3c3nc4ccccc4[nH]3)cc2N1. The van der Waals surface area contributed by atoms with Crippen molar-refractivity contribution in [1.82, 2.24) is 14.9 Å². The Morgan fingerprint density at radius 1 is 1.18 bits per heavy atom. The molecule has 2 aliphatic heterocycles. The first-order valence-corrected chi connectivity index (χ1v) is 9.51. The van der Waals surface area contributed by atoms with Gasteiger partial charge in [-0.25, -0.2) is 4.98 Å². The van der Waals surface area contributed by atoms with Gasteiger partial charge in [0.15, 0.2) is 6.61 Å². The maximum Gasteiger partial charge on any atom is 0.262 e. The molecule has 1 saturated heterocycles. The molecule has 7 nitrogen and oxygen atoms in total. The Morgan fingerprint density at radius 3 is 2.96 bits per heavy atom. The number of hydrogen-bond acceptors (Lipinski definition) is 4. The number of nitrogens with zero attached hydrogens (tertiary/aromatic N) is 2. The van der Waals surface area contributed by atoms with Crippen LogP contribution in [-0.4, -0.2) is 39.8 Å². The van der Waals surface area contributed by atoms with E-state index in [2.05, 4.69) is 10.3 Å². The maximum absolute atomic E-state index is 13.3. The van der Waals surface area contributed by atoms with Gasteiger partial charge in [0.1, 0.15) is 11.6 Å². The lowest BCUT2D eigenvalue weighted by Gasteiger charge is -2.34. The van der Waals surface area contributed by atoms with E-state index in [1.807, 2.05) is 29.2 Å². The molecular weight excluding hydrogens is 356 g/mol. The molecule has 3 aromatic rings. The minimum Gasteiger partial charge on any atom is -0.482 e. The van der Waals surface area contributed by atoms with Crippen LogP contribution in [0.25, 0.3) is 11.0 Å². The highest BCUT2D eigenvalue weighted by Gasteiger charge is 2.31. The maximum atomic E-state index is 13.3. The molecule has 0 aliphatic carbocycles. The highest BCUT2D eigenvalue weighted by Crippen LogP contribution is 2.34. The van der Waals surface area contributed by atoms with Crippen molar-refractivity contribution in [1.29, 1.82) is 0 Å². The van der Waals surface area contributed by atoms with Gasteiger partial charge in [-0.15, -0.1) is 0 Å². The molecule has 28 heavy (non-hydrogen) atoms. The smallest absolute Gasteiger partial charge is 0.262 e. The summed E-state index contributed by atoms with van der Waals surface area (Å²) in [7, 11) is 0. The number of ether oxygens (including phenoxy) is 1. The average molecular weight is 376 g/mol. The van der Waals surface area contributed by atoms with Crippen molar-refractivity contribution in [3.8, 4) is 5.75 Å². The minimum absolute atomic E-state index is 0.000541. The third kappa shape index (κ3) is 2.89. The predicted octanol–water partition coefficient (Wildman–Crippen LogP) is 3.26. The summed E-state index contributed by atoms with van der Waals surface area (Å²) in [5.41, 5.74) is 2.96. The van der Waals surface area contributed by atoms with E-state index < -0.39 is 0 Å². The molecule has 2 aromatic carbocycles. The highest BCUT2D eigenvalue weighted by atomic mass is 16.5. The first-order valence-electron chi connectivity index (χ1n) is 9.51. The largest absolute Gasteiger partial charge is 0.482 e. The van der Waals surface area contributed by atoms with E-state index in [1.54, 1.807) is 18.2 Å². The summed E-state index contributed by atoms with van der Waals surface area (Å²) in [6.07, 6.45) is 2.89. The molecule has 5 rings (SSSR count). The summed E-state index contributed by atoms with van der Waals surface area (Å²) in [6, 6.07) is 13.0. The second-order valence-corrected chi connectivity index (χ2v) is 7.20. The van der Waals surface area contributed by atoms with Gasteiger partial charge < -0.3 is 19.9 Å². The van der Waals surface area contributed by atoms with E-state index in [4.69, 9.17) is 9.72 Å². The second-order valence-electron chi connectivity index (χ2n) is 7.20. The Morgan fingerprint density at radius 2 is 2.07 bits per heavy atom. The number of fused-ring (bicyclic) bond motifs is 2. The van der Waals surface area contributed by atoms with Crippen LogP contribution in [-0.2, 0) is 4.79 Å². The summed E-state index contributed by atoms with van der Waals surface area (Å²) in [4.78, 5) is 34.9. The van der Waals surface area contributed by atoms with Crippen LogP contribution in [0.4, 0.5) is 5.69 Å². The zero-order chi connectivity index (χ0) is 19.1. The van der Waals surface area contributed by atoms with Gasteiger partial charge in [-0.1, -0.05) is 12.1 Å². The molecule has 1 unspecified atom stereocenters. The number of aromatic nitrogens is 2.